The molecule has 22 heavy (non-hydrogen) atoms. The molecule has 0 aliphatic heterocycles. The predicted octanol–water partition coefficient (Wildman–Crippen LogP) is 2.75. The van der Waals surface area contributed by atoms with Gasteiger partial charge in [0.15, 0.2) is 0 Å². The van der Waals surface area contributed by atoms with E-state index in [0.29, 0.717) is 12.0 Å². The molecule has 0 unspecified atom stereocenters. The summed E-state index contributed by atoms with van der Waals surface area (Å²) in [6.07, 6.45) is 1.36. The molecule has 1 aliphatic rings. The van der Waals surface area contributed by atoms with E-state index >= 15 is 0 Å². The first kappa shape index (κ1) is 14.3. The van der Waals surface area contributed by atoms with Crippen LogP contribution in [0.1, 0.15) is 43.0 Å². The quantitative estimate of drug-likeness (QED) is 0.682. The van der Waals surface area contributed by atoms with Gasteiger partial charge in [-0.1, -0.05) is 30.3 Å². The third-order valence-corrected chi connectivity index (χ3v) is 4.07. The molecule has 0 fully saturated rings. The van der Waals surface area contributed by atoms with Crippen molar-refractivity contribution >= 4 is 11.9 Å². The third kappa shape index (κ3) is 2.26. The zero-order valence-corrected chi connectivity index (χ0v) is 12.5. The summed E-state index contributed by atoms with van der Waals surface area (Å²) in [6, 6.07) is 11.7. The number of carbonyl (C=O) groups excluding carboxylic acids is 2. The van der Waals surface area contributed by atoms with Gasteiger partial charge in [0.2, 0.25) is 0 Å². The van der Waals surface area contributed by atoms with Crippen LogP contribution in [0.25, 0.3) is 0 Å². The van der Waals surface area contributed by atoms with E-state index in [4.69, 9.17) is 9.47 Å². The highest BCUT2D eigenvalue weighted by Crippen LogP contribution is 2.31. The Balaban J connectivity index is 2.18. The average molecular weight is 296 g/mol. The second-order valence-corrected chi connectivity index (χ2v) is 5.23. The van der Waals surface area contributed by atoms with Gasteiger partial charge in [-0.2, -0.15) is 0 Å². The van der Waals surface area contributed by atoms with E-state index in [1.165, 1.54) is 25.3 Å². The van der Waals surface area contributed by atoms with Gasteiger partial charge in [-0.05, 0) is 41.2 Å². The van der Waals surface area contributed by atoms with Crippen molar-refractivity contribution in [2.75, 3.05) is 14.2 Å². The van der Waals surface area contributed by atoms with E-state index in [0.717, 1.165) is 17.5 Å². The maximum atomic E-state index is 12.2. The summed E-state index contributed by atoms with van der Waals surface area (Å²) in [5, 5.41) is 0. The van der Waals surface area contributed by atoms with Crippen LogP contribution < -0.4 is 0 Å². The van der Waals surface area contributed by atoms with Crippen molar-refractivity contribution in [1.29, 1.82) is 0 Å². The zero-order chi connectivity index (χ0) is 15.7. The number of benzene rings is 2. The Labute approximate surface area is 128 Å². The van der Waals surface area contributed by atoms with Gasteiger partial charge in [0.25, 0.3) is 0 Å². The molecular formula is C18H16O4. The lowest BCUT2D eigenvalue weighted by Gasteiger charge is -2.23. The molecule has 0 atom stereocenters. The van der Waals surface area contributed by atoms with Gasteiger partial charge in [-0.3, -0.25) is 0 Å². The normalized spacial score (nSPS) is 12.1. The van der Waals surface area contributed by atoms with E-state index in [2.05, 4.69) is 6.07 Å². The van der Waals surface area contributed by atoms with Crippen molar-refractivity contribution in [1.82, 2.24) is 0 Å². The predicted molar refractivity (Wildman–Crippen MR) is 81.2 cm³/mol. The Morgan fingerprint density at radius 3 is 2.09 bits per heavy atom. The number of fused-ring (bicyclic) bond motifs is 2. The molecule has 0 saturated heterocycles. The highest BCUT2D eigenvalue weighted by Gasteiger charge is 2.27. The first-order valence-corrected chi connectivity index (χ1v) is 7.04. The van der Waals surface area contributed by atoms with Gasteiger partial charge < -0.3 is 9.47 Å². The molecule has 0 spiro atoms. The molecule has 0 radical (unpaired) electrons. The fourth-order valence-electron chi connectivity index (χ4n) is 2.97. The van der Waals surface area contributed by atoms with Crippen molar-refractivity contribution in [3.63, 3.8) is 0 Å². The fourth-order valence-corrected chi connectivity index (χ4v) is 2.97. The molecule has 4 heteroatoms. The molecule has 2 aromatic carbocycles. The van der Waals surface area contributed by atoms with Crippen molar-refractivity contribution in [3.8, 4) is 0 Å². The van der Waals surface area contributed by atoms with Crippen LogP contribution in [0.5, 0.6) is 0 Å². The summed E-state index contributed by atoms with van der Waals surface area (Å²) in [5.74, 6) is -1.03. The van der Waals surface area contributed by atoms with Crippen LogP contribution in [0, 0.1) is 0 Å². The highest BCUT2D eigenvalue weighted by atomic mass is 16.5. The van der Waals surface area contributed by atoms with Crippen LogP contribution in [0.4, 0.5) is 0 Å². The van der Waals surface area contributed by atoms with Crippen LogP contribution >= 0.6 is 0 Å². The fraction of sp³-hybridized carbons (Fsp3) is 0.222. The Morgan fingerprint density at radius 1 is 0.818 bits per heavy atom. The first-order valence-electron chi connectivity index (χ1n) is 7.04. The minimum atomic E-state index is -0.526. The van der Waals surface area contributed by atoms with Crippen molar-refractivity contribution in [3.05, 3.63) is 69.8 Å². The summed E-state index contributed by atoms with van der Waals surface area (Å²) in [4.78, 5) is 24.2. The van der Waals surface area contributed by atoms with Gasteiger partial charge in [0.05, 0.1) is 25.3 Å². The highest BCUT2D eigenvalue weighted by molar-refractivity contribution is 6.04. The number of methoxy groups -OCH3 is 2. The van der Waals surface area contributed by atoms with Gasteiger partial charge in [0.1, 0.15) is 0 Å². The van der Waals surface area contributed by atoms with Crippen LogP contribution in [0.15, 0.2) is 36.4 Å². The third-order valence-electron chi connectivity index (χ3n) is 4.07. The summed E-state index contributed by atoms with van der Waals surface area (Å²) in [6.45, 7) is 0. The number of carbonyl (C=O) groups is 2. The number of ether oxygens (including phenoxy) is 2. The summed E-state index contributed by atoms with van der Waals surface area (Å²) in [7, 11) is 2.62. The van der Waals surface area contributed by atoms with Gasteiger partial charge in [-0.15, -0.1) is 0 Å². The molecule has 4 nitrogen and oxygen atoms in total. The first-order chi connectivity index (χ1) is 10.7. The monoisotopic (exact) mass is 296 g/mol. The number of esters is 2. The zero-order valence-electron chi connectivity index (χ0n) is 12.5. The number of hydrogen-bond acceptors (Lipinski definition) is 4. The van der Waals surface area contributed by atoms with Crippen molar-refractivity contribution in [2.24, 2.45) is 0 Å². The molecule has 0 N–H and O–H groups in total. The van der Waals surface area contributed by atoms with Crippen LogP contribution in [0.2, 0.25) is 0 Å². The minimum absolute atomic E-state index is 0.257. The van der Waals surface area contributed by atoms with Gasteiger partial charge in [0, 0.05) is 0 Å². The van der Waals surface area contributed by atoms with E-state index in [1.807, 2.05) is 24.3 Å². The molecule has 2 aromatic rings. The Bertz CT molecular complexity index is 762. The Morgan fingerprint density at radius 2 is 1.45 bits per heavy atom. The molecule has 3 rings (SSSR count). The van der Waals surface area contributed by atoms with Gasteiger partial charge >= 0.3 is 11.9 Å². The minimum Gasteiger partial charge on any atom is -0.465 e. The summed E-state index contributed by atoms with van der Waals surface area (Å²) < 4.78 is 9.66. The molecule has 1 aliphatic carbocycles. The lowest BCUT2D eigenvalue weighted by atomic mass is 9.82. The summed E-state index contributed by atoms with van der Waals surface area (Å²) in [5.41, 5.74) is 4.90. The smallest absolute Gasteiger partial charge is 0.339 e. The van der Waals surface area contributed by atoms with E-state index in [9.17, 15) is 9.59 Å². The number of rotatable bonds is 2. The lowest BCUT2D eigenvalue weighted by Crippen LogP contribution is -2.19. The average Bonchev–Trinajstić information content (AvgIpc) is 2.57. The SMILES string of the molecule is COC(=O)c1ccc2c(c1C(=O)OC)Cc1ccccc1C2. The van der Waals surface area contributed by atoms with Crippen LogP contribution in [-0.2, 0) is 22.3 Å². The van der Waals surface area contributed by atoms with E-state index < -0.39 is 11.9 Å². The second-order valence-electron chi connectivity index (χ2n) is 5.23. The molecule has 0 saturated carbocycles. The van der Waals surface area contributed by atoms with E-state index in [-0.39, 0.29) is 5.56 Å². The second kappa shape index (κ2) is 5.64. The van der Waals surface area contributed by atoms with E-state index in [1.54, 1.807) is 6.07 Å². The van der Waals surface area contributed by atoms with Crippen molar-refractivity contribution in [2.45, 2.75) is 12.8 Å². The van der Waals surface area contributed by atoms with Crippen LogP contribution in [0.3, 0.4) is 0 Å². The molecule has 0 bridgehead atoms. The Kier molecular flexibility index (Phi) is 3.67. The van der Waals surface area contributed by atoms with Gasteiger partial charge in [-0.25, -0.2) is 9.59 Å². The maximum absolute atomic E-state index is 12.2. The number of hydrogen-bond donors (Lipinski definition) is 0. The standard InChI is InChI=1S/C18H16O4/c1-21-17(19)14-8-7-13-9-11-5-3-4-6-12(11)10-15(13)16(14)18(20)22-2/h3-8H,9-10H2,1-2H3. The van der Waals surface area contributed by atoms with Crippen LogP contribution in [-0.4, -0.2) is 26.2 Å². The molecule has 0 aromatic heterocycles. The lowest BCUT2D eigenvalue weighted by molar-refractivity contribution is 0.0554. The topological polar surface area (TPSA) is 52.6 Å². The largest absolute Gasteiger partial charge is 0.465 e. The molecule has 0 heterocycles. The maximum Gasteiger partial charge on any atom is 0.339 e. The molecular weight excluding hydrogens is 280 g/mol. The molecule has 0 amide bonds. The molecule has 112 valence electrons. The van der Waals surface area contributed by atoms with Crippen molar-refractivity contribution < 1.29 is 19.1 Å². The Hall–Kier alpha value is -2.62. The summed E-state index contributed by atoms with van der Waals surface area (Å²) >= 11 is 0.